The molecular formula is C18H19N3O4S. The SMILES string of the molecule is O=C(O)CN1C(=O)/C(=C\C=C\c2ccc(N3CCNCC3)cc2)OC1=S. The minimum atomic E-state index is -1.15. The molecule has 1 amide bonds. The Hall–Kier alpha value is -2.71. The largest absolute Gasteiger partial charge is 0.480 e. The second kappa shape index (κ2) is 8.11. The Kier molecular flexibility index (Phi) is 5.65. The minimum absolute atomic E-state index is 0.0185. The monoisotopic (exact) mass is 373 g/mol. The summed E-state index contributed by atoms with van der Waals surface area (Å²) in [5, 5.41) is 12.0. The number of carbonyl (C=O) groups is 2. The lowest BCUT2D eigenvalue weighted by Crippen LogP contribution is -2.43. The Balaban J connectivity index is 1.63. The molecule has 0 saturated carbocycles. The zero-order chi connectivity index (χ0) is 18.5. The van der Waals surface area contributed by atoms with E-state index in [4.69, 9.17) is 22.1 Å². The van der Waals surface area contributed by atoms with Crippen molar-refractivity contribution in [3.05, 3.63) is 47.7 Å². The predicted octanol–water partition coefficient (Wildman–Crippen LogP) is 1.22. The molecule has 0 aliphatic carbocycles. The number of thiocarbonyl (C=S) groups is 1. The second-order valence-electron chi connectivity index (χ2n) is 5.87. The van der Waals surface area contributed by atoms with Gasteiger partial charge in [0.1, 0.15) is 6.54 Å². The van der Waals surface area contributed by atoms with E-state index >= 15 is 0 Å². The van der Waals surface area contributed by atoms with Gasteiger partial charge in [-0.05, 0) is 36.0 Å². The van der Waals surface area contributed by atoms with E-state index in [-0.39, 0.29) is 10.9 Å². The van der Waals surface area contributed by atoms with Crippen LogP contribution in [0.15, 0.2) is 42.2 Å². The number of anilines is 1. The Labute approximate surface area is 156 Å². The number of carboxylic acids is 1. The average Bonchev–Trinajstić information content (AvgIpc) is 2.90. The molecule has 2 aliphatic heterocycles. The zero-order valence-corrected chi connectivity index (χ0v) is 14.9. The van der Waals surface area contributed by atoms with Gasteiger partial charge in [-0.15, -0.1) is 0 Å². The first-order chi connectivity index (χ1) is 12.5. The summed E-state index contributed by atoms with van der Waals surface area (Å²) < 4.78 is 5.17. The molecule has 8 heteroatoms. The highest BCUT2D eigenvalue weighted by Gasteiger charge is 2.34. The van der Waals surface area contributed by atoms with Crippen LogP contribution in [-0.2, 0) is 14.3 Å². The Morgan fingerprint density at radius 1 is 1.27 bits per heavy atom. The Bertz CT molecular complexity index is 767. The fraction of sp³-hybridized carbons (Fsp3) is 0.278. The molecule has 3 rings (SSSR count). The molecule has 7 nitrogen and oxygen atoms in total. The quantitative estimate of drug-likeness (QED) is 0.593. The van der Waals surface area contributed by atoms with Gasteiger partial charge in [0.15, 0.2) is 5.76 Å². The molecule has 2 aliphatic rings. The van der Waals surface area contributed by atoms with Gasteiger partial charge in [-0.1, -0.05) is 24.3 Å². The number of piperazine rings is 1. The summed E-state index contributed by atoms with van der Waals surface area (Å²) in [7, 11) is 0. The Morgan fingerprint density at radius 2 is 1.96 bits per heavy atom. The van der Waals surface area contributed by atoms with Crippen molar-refractivity contribution in [2.24, 2.45) is 0 Å². The van der Waals surface area contributed by atoms with Crippen molar-refractivity contribution in [1.29, 1.82) is 0 Å². The first-order valence-corrected chi connectivity index (χ1v) is 8.65. The van der Waals surface area contributed by atoms with Crippen molar-refractivity contribution in [2.45, 2.75) is 0 Å². The molecular weight excluding hydrogens is 354 g/mol. The zero-order valence-electron chi connectivity index (χ0n) is 14.1. The van der Waals surface area contributed by atoms with Gasteiger partial charge < -0.3 is 20.1 Å². The molecule has 0 aromatic heterocycles. The number of nitrogens with one attached hydrogen (secondary N) is 1. The van der Waals surface area contributed by atoms with Crippen LogP contribution in [-0.4, -0.2) is 59.8 Å². The molecule has 26 heavy (non-hydrogen) atoms. The minimum Gasteiger partial charge on any atom is -0.480 e. The maximum absolute atomic E-state index is 12.1. The van der Waals surface area contributed by atoms with Crippen molar-refractivity contribution < 1.29 is 19.4 Å². The van der Waals surface area contributed by atoms with Crippen LogP contribution in [0.3, 0.4) is 0 Å². The van der Waals surface area contributed by atoms with E-state index in [0.29, 0.717) is 0 Å². The summed E-state index contributed by atoms with van der Waals surface area (Å²) >= 11 is 4.88. The van der Waals surface area contributed by atoms with Gasteiger partial charge in [-0.2, -0.15) is 0 Å². The number of aliphatic carboxylic acids is 1. The molecule has 0 radical (unpaired) electrons. The van der Waals surface area contributed by atoms with Gasteiger partial charge in [-0.3, -0.25) is 14.5 Å². The summed E-state index contributed by atoms with van der Waals surface area (Å²) in [5.74, 6) is -1.67. The number of ether oxygens (including phenoxy) is 1. The average molecular weight is 373 g/mol. The first-order valence-electron chi connectivity index (χ1n) is 8.24. The van der Waals surface area contributed by atoms with Crippen molar-refractivity contribution in [3.8, 4) is 0 Å². The first kappa shape index (κ1) is 18.1. The smallest absolute Gasteiger partial charge is 0.323 e. The molecule has 0 spiro atoms. The van der Waals surface area contributed by atoms with Crippen LogP contribution in [0.25, 0.3) is 6.08 Å². The van der Waals surface area contributed by atoms with Crippen LogP contribution in [0, 0.1) is 0 Å². The van der Waals surface area contributed by atoms with Crippen LogP contribution in [0.1, 0.15) is 5.56 Å². The van der Waals surface area contributed by atoms with Crippen molar-refractivity contribution in [3.63, 3.8) is 0 Å². The van der Waals surface area contributed by atoms with E-state index in [1.54, 1.807) is 6.08 Å². The molecule has 1 aromatic rings. The van der Waals surface area contributed by atoms with Gasteiger partial charge in [0.05, 0.1) is 0 Å². The van der Waals surface area contributed by atoms with Gasteiger partial charge >= 0.3 is 5.97 Å². The highest BCUT2D eigenvalue weighted by atomic mass is 32.1. The Morgan fingerprint density at radius 3 is 2.62 bits per heavy atom. The molecule has 136 valence electrons. The maximum Gasteiger partial charge on any atom is 0.323 e. The molecule has 0 bridgehead atoms. The summed E-state index contributed by atoms with van der Waals surface area (Å²) in [5.41, 5.74) is 2.17. The summed E-state index contributed by atoms with van der Waals surface area (Å²) in [4.78, 5) is 26.0. The number of carboxylic acid groups (broad SMARTS) is 1. The van der Waals surface area contributed by atoms with Crippen molar-refractivity contribution in [2.75, 3.05) is 37.6 Å². The van der Waals surface area contributed by atoms with Crippen LogP contribution in [0.5, 0.6) is 0 Å². The number of carbonyl (C=O) groups excluding carboxylic acids is 1. The van der Waals surface area contributed by atoms with Gasteiger partial charge in [0, 0.05) is 31.9 Å². The van der Waals surface area contributed by atoms with E-state index in [1.807, 2.05) is 18.2 Å². The van der Waals surface area contributed by atoms with E-state index in [0.717, 1.165) is 36.6 Å². The van der Waals surface area contributed by atoms with Gasteiger partial charge in [0.25, 0.3) is 11.1 Å². The third-order valence-corrected chi connectivity index (χ3v) is 4.38. The highest BCUT2D eigenvalue weighted by Crippen LogP contribution is 2.18. The highest BCUT2D eigenvalue weighted by molar-refractivity contribution is 7.80. The van der Waals surface area contributed by atoms with E-state index in [9.17, 15) is 9.59 Å². The van der Waals surface area contributed by atoms with Crippen LogP contribution in [0.2, 0.25) is 0 Å². The van der Waals surface area contributed by atoms with Gasteiger partial charge in [0.2, 0.25) is 0 Å². The number of nitrogens with zero attached hydrogens (tertiary/aromatic N) is 2. The normalized spacial score (nSPS) is 19.5. The molecule has 2 N–H and O–H groups in total. The third kappa shape index (κ3) is 4.27. The van der Waals surface area contributed by atoms with Crippen molar-refractivity contribution in [1.82, 2.24) is 10.2 Å². The number of hydrogen-bond acceptors (Lipinski definition) is 6. The fourth-order valence-electron chi connectivity index (χ4n) is 2.75. The molecule has 2 saturated heterocycles. The number of allylic oxidation sites excluding steroid dienone is 2. The van der Waals surface area contributed by atoms with Crippen LogP contribution >= 0.6 is 12.2 Å². The van der Waals surface area contributed by atoms with Crippen LogP contribution in [0.4, 0.5) is 5.69 Å². The van der Waals surface area contributed by atoms with Gasteiger partial charge in [-0.25, -0.2) is 0 Å². The molecule has 0 atom stereocenters. The summed E-state index contributed by atoms with van der Waals surface area (Å²) in [6.45, 7) is 3.46. The molecule has 1 aromatic carbocycles. The second-order valence-corrected chi connectivity index (χ2v) is 6.22. The number of amides is 1. The molecule has 0 unspecified atom stereocenters. The number of hydrogen-bond donors (Lipinski definition) is 2. The molecule has 2 heterocycles. The lowest BCUT2D eigenvalue weighted by atomic mass is 10.1. The predicted molar refractivity (Wildman–Crippen MR) is 102 cm³/mol. The third-order valence-electron chi connectivity index (χ3n) is 4.08. The van der Waals surface area contributed by atoms with E-state index in [1.165, 1.54) is 11.8 Å². The standard InChI is InChI=1S/C18H19N3O4S/c22-16(23)12-21-17(24)15(25-18(21)26)3-1-2-13-4-6-14(7-5-13)20-10-8-19-9-11-20/h1-7,19H,8-12H2,(H,22,23)/b2-1+,15-3+. The molecule has 2 fully saturated rings. The lowest BCUT2D eigenvalue weighted by molar-refractivity contribution is -0.140. The topological polar surface area (TPSA) is 82.1 Å². The van der Waals surface area contributed by atoms with E-state index < -0.39 is 18.4 Å². The summed E-state index contributed by atoms with van der Waals surface area (Å²) in [6, 6.07) is 8.15. The number of rotatable bonds is 5. The van der Waals surface area contributed by atoms with E-state index in [2.05, 4.69) is 22.3 Å². The van der Waals surface area contributed by atoms with Crippen molar-refractivity contribution >= 4 is 41.0 Å². The number of benzene rings is 1. The lowest BCUT2D eigenvalue weighted by Gasteiger charge is -2.29. The summed E-state index contributed by atoms with van der Waals surface area (Å²) in [6.07, 6.45) is 5.01. The maximum atomic E-state index is 12.1. The fourth-order valence-corrected chi connectivity index (χ4v) is 2.99. The van der Waals surface area contributed by atoms with Crippen LogP contribution < -0.4 is 10.2 Å².